The molecule has 0 saturated heterocycles. The number of hydrogen-bond donors (Lipinski definition) is 1. The molecule has 1 aliphatic rings. The number of halogens is 2. The largest absolute Gasteiger partial charge is 0.459 e. The number of nitrogens with zero attached hydrogens (tertiary/aromatic N) is 3. The Labute approximate surface area is 197 Å². The molecule has 0 bridgehead atoms. The second-order valence-electron chi connectivity index (χ2n) is 8.13. The van der Waals surface area contributed by atoms with Crippen molar-refractivity contribution in [2.75, 3.05) is 0 Å². The molecule has 0 radical (unpaired) electrons. The van der Waals surface area contributed by atoms with Crippen LogP contribution in [0.25, 0.3) is 11.5 Å². The quantitative estimate of drug-likeness (QED) is 0.434. The third kappa shape index (κ3) is 4.61. The topological polar surface area (TPSA) is 58.5 Å². The van der Waals surface area contributed by atoms with E-state index in [1.807, 2.05) is 23.1 Å². The van der Waals surface area contributed by atoms with E-state index in [0.29, 0.717) is 29.1 Å². The van der Waals surface area contributed by atoms with Gasteiger partial charge in [-0.25, -0.2) is 8.78 Å². The van der Waals surface area contributed by atoms with Crippen LogP contribution in [0.1, 0.15) is 47.0 Å². The molecule has 2 aromatic carbocycles. The van der Waals surface area contributed by atoms with Gasteiger partial charge >= 0.3 is 0 Å². The lowest BCUT2D eigenvalue weighted by Crippen LogP contribution is -2.29. The van der Waals surface area contributed by atoms with Gasteiger partial charge in [-0.2, -0.15) is 0 Å². The third-order valence-electron chi connectivity index (χ3n) is 5.86. The number of benzene rings is 2. The molecule has 1 aromatic heterocycles. The molecular weight excluding hydrogens is 436 g/mol. The molecule has 1 unspecified atom stereocenters. The lowest BCUT2D eigenvalue weighted by molar-refractivity contribution is 0.0757. The molecule has 1 aliphatic heterocycles. The Morgan fingerprint density at radius 1 is 1.15 bits per heavy atom. The van der Waals surface area contributed by atoms with Crippen LogP contribution in [0.4, 0.5) is 8.78 Å². The van der Waals surface area contributed by atoms with Crippen LogP contribution in [0.3, 0.4) is 0 Å². The minimum absolute atomic E-state index is 0.0175. The first-order valence-corrected chi connectivity index (χ1v) is 10.7. The SMILES string of the molecule is C=C(OC(=C)C(C)F)c1ccc2c(c1)C(=C)N([C@H](c1cnccn1)[C@@H](O)c1ccc(F)cc1)C2. The lowest BCUT2D eigenvalue weighted by atomic mass is 9.98. The summed E-state index contributed by atoms with van der Waals surface area (Å²) < 4.78 is 32.4. The zero-order valence-corrected chi connectivity index (χ0v) is 18.8. The van der Waals surface area contributed by atoms with Crippen molar-refractivity contribution in [1.82, 2.24) is 14.9 Å². The standard InChI is InChI=1S/C27H25F2N3O2/c1-16(28)18(3)34-19(4)21-5-6-22-15-32(17(2)24(22)13-21)26(25-14-30-11-12-31-25)27(33)20-7-9-23(29)10-8-20/h5-14,16,26-27,33H,2-4,15H2,1H3/t16?,26-,27+/m1/s1. The van der Waals surface area contributed by atoms with E-state index in [1.165, 1.54) is 19.1 Å². The van der Waals surface area contributed by atoms with Crippen LogP contribution in [0.5, 0.6) is 0 Å². The van der Waals surface area contributed by atoms with E-state index in [9.17, 15) is 13.9 Å². The van der Waals surface area contributed by atoms with Crippen molar-refractivity contribution in [3.05, 3.63) is 120 Å². The highest BCUT2D eigenvalue weighted by molar-refractivity contribution is 5.73. The molecule has 0 spiro atoms. The molecule has 3 aromatic rings. The zero-order chi connectivity index (χ0) is 24.4. The van der Waals surface area contributed by atoms with Crippen molar-refractivity contribution in [2.24, 2.45) is 0 Å². The van der Waals surface area contributed by atoms with Gasteiger partial charge in [-0.1, -0.05) is 44.0 Å². The summed E-state index contributed by atoms with van der Waals surface area (Å²) in [6.45, 7) is 13.5. The molecule has 5 nitrogen and oxygen atoms in total. The number of hydrogen-bond acceptors (Lipinski definition) is 5. The summed E-state index contributed by atoms with van der Waals surface area (Å²) in [7, 11) is 0. The average molecular weight is 462 g/mol. The highest BCUT2D eigenvalue weighted by Crippen LogP contribution is 2.43. The smallest absolute Gasteiger partial charge is 0.154 e. The van der Waals surface area contributed by atoms with E-state index in [1.54, 1.807) is 30.7 Å². The van der Waals surface area contributed by atoms with Crippen LogP contribution in [0, 0.1) is 5.82 Å². The summed E-state index contributed by atoms with van der Waals surface area (Å²) in [4.78, 5) is 10.5. The molecule has 174 valence electrons. The zero-order valence-electron chi connectivity index (χ0n) is 18.8. The van der Waals surface area contributed by atoms with Gasteiger partial charge in [-0.3, -0.25) is 9.97 Å². The van der Waals surface area contributed by atoms with Crippen molar-refractivity contribution < 1.29 is 18.6 Å². The Bertz CT molecular complexity index is 1230. The van der Waals surface area contributed by atoms with Gasteiger partial charge in [0.2, 0.25) is 0 Å². The lowest BCUT2D eigenvalue weighted by Gasteiger charge is -2.33. The van der Waals surface area contributed by atoms with Crippen LogP contribution in [0.2, 0.25) is 0 Å². The fourth-order valence-electron chi connectivity index (χ4n) is 3.95. The first kappa shape index (κ1) is 23.3. The Balaban J connectivity index is 1.66. The number of allylic oxidation sites excluding steroid dienone is 1. The molecular formula is C27H25F2N3O2. The molecule has 34 heavy (non-hydrogen) atoms. The number of aliphatic hydroxyl groups is 1. The maximum absolute atomic E-state index is 13.5. The highest BCUT2D eigenvalue weighted by atomic mass is 19.1. The van der Waals surface area contributed by atoms with E-state index >= 15 is 0 Å². The Morgan fingerprint density at radius 3 is 2.53 bits per heavy atom. The van der Waals surface area contributed by atoms with E-state index in [4.69, 9.17) is 4.74 Å². The summed E-state index contributed by atoms with van der Waals surface area (Å²) in [6.07, 6.45) is 2.37. The maximum Gasteiger partial charge on any atom is 0.154 e. The predicted molar refractivity (Wildman–Crippen MR) is 127 cm³/mol. The molecule has 1 N–H and O–H groups in total. The summed E-state index contributed by atoms with van der Waals surface area (Å²) >= 11 is 0. The van der Waals surface area contributed by atoms with Gasteiger partial charge < -0.3 is 14.7 Å². The fraction of sp³-hybridized carbons (Fsp3) is 0.185. The van der Waals surface area contributed by atoms with Crippen molar-refractivity contribution in [2.45, 2.75) is 31.8 Å². The van der Waals surface area contributed by atoms with Gasteiger partial charge in [0.05, 0.1) is 11.9 Å². The second kappa shape index (κ2) is 9.57. The van der Waals surface area contributed by atoms with E-state index < -0.39 is 18.3 Å². The van der Waals surface area contributed by atoms with Crippen molar-refractivity contribution >= 4 is 11.5 Å². The monoisotopic (exact) mass is 461 g/mol. The molecule has 0 amide bonds. The Hall–Kier alpha value is -3.84. The summed E-state index contributed by atoms with van der Waals surface area (Å²) in [5.41, 5.74) is 4.26. The number of rotatable bonds is 8. The van der Waals surface area contributed by atoms with Crippen LogP contribution < -0.4 is 0 Å². The molecule has 2 heterocycles. The van der Waals surface area contributed by atoms with Crippen LogP contribution in [-0.2, 0) is 11.3 Å². The fourth-order valence-corrected chi connectivity index (χ4v) is 3.95. The molecule has 0 aliphatic carbocycles. The summed E-state index contributed by atoms with van der Waals surface area (Å²) in [5, 5.41) is 11.3. The summed E-state index contributed by atoms with van der Waals surface area (Å²) in [6, 6.07) is 10.7. The highest BCUT2D eigenvalue weighted by Gasteiger charge is 2.36. The molecule has 0 saturated carbocycles. The van der Waals surface area contributed by atoms with Gasteiger partial charge in [-0.15, -0.1) is 0 Å². The third-order valence-corrected chi connectivity index (χ3v) is 5.86. The van der Waals surface area contributed by atoms with Gasteiger partial charge in [0, 0.05) is 35.8 Å². The molecule has 0 fully saturated rings. The molecule has 4 rings (SSSR count). The first-order chi connectivity index (χ1) is 16.3. The molecule has 7 heteroatoms. The van der Waals surface area contributed by atoms with Gasteiger partial charge in [0.15, 0.2) is 6.17 Å². The van der Waals surface area contributed by atoms with Gasteiger partial charge in [0.1, 0.15) is 29.5 Å². The first-order valence-electron chi connectivity index (χ1n) is 10.7. The van der Waals surface area contributed by atoms with Crippen molar-refractivity contribution in [3.8, 4) is 0 Å². The van der Waals surface area contributed by atoms with E-state index in [0.717, 1.165) is 11.1 Å². The minimum Gasteiger partial charge on any atom is -0.459 e. The Kier molecular flexibility index (Phi) is 6.56. The number of ether oxygens (including phenoxy) is 1. The van der Waals surface area contributed by atoms with Crippen LogP contribution in [0.15, 0.2) is 86.6 Å². The number of aliphatic hydroxyl groups excluding tert-OH is 1. The molecule has 3 atom stereocenters. The average Bonchev–Trinajstić information content (AvgIpc) is 3.15. The van der Waals surface area contributed by atoms with E-state index in [2.05, 4.69) is 29.7 Å². The van der Waals surface area contributed by atoms with E-state index in [-0.39, 0.29) is 17.3 Å². The number of fused-ring (bicyclic) bond motifs is 1. The normalized spacial score (nSPS) is 15.4. The second-order valence-corrected chi connectivity index (χ2v) is 8.13. The van der Waals surface area contributed by atoms with Crippen LogP contribution in [-0.4, -0.2) is 26.1 Å². The summed E-state index contributed by atoms with van der Waals surface area (Å²) in [5.74, 6) is -0.124. The minimum atomic E-state index is -1.32. The van der Waals surface area contributed by atoms with Crippen LogP contribution >= 0.6 is 0 Å². The van der Waals surface area contributed by atoms with Gasteiger partial charge in [0.25, 0.3) is 0 Å². The number of alkyl halides is 1. The number of aromatic nitrogens is 2. The maximum atomic E-state index is 13.5. The van der Waals surface area contributed by atoms with Gasteiger partial charge in [-0.05, 0) is 36.2 Å². The van der Waals surface area contributed by atoms with Crippen molar-refractivity contribution in [3.63, 3.8) is 0 Å². The Morgan fingerprint density at radius 2 is 1.88 bits per heavy atom. The van der Waals surface area contributed by atoms with Crippen molar-refractivity contribution in [1.29, 1.82) is 0 Å². The predicted octanol–water partition coefficient (Wildman–Crippen LogP) is 5.74.